The number of hydrogen-bond acceptors (Lipinski definition) is 2. The summed E-state index contributed by atoms with van der Waals surface area (Å²) in [5, 5.41) is 4.70. The molecule has 0 spiro atoms. The van der Waals surface area contributed by atoms with Gasteiger partial charge >= 0.3 is 5.69 Å². The van der Waals surface area contributed by atoms with Crippen molar-refractivity contribution < 1.29 is 0 Å². The molecule has 0 N–H and O–H groups in total. The standard InChI is InChI=1S/C34H25N3O/c1-36-30-20-25(21-35-33(30)37(2)34(36)38)32-28-17-8-6-15-26(28)31(27-16-7-9-18-29(27)32)24-14-10-13-23(19-24)22-11-4-3-5-12-22/h3-21H,1-2H3. The Labute approximate surface area is 220 Å². The minimum atomic E-state index is -0.0759. The lowest BCUT2D eigenvalue weighted by molar-refractivity contribution is 0.791. The van der Waals surface area contributed by atoms with Crippen LogP contribution in [0, 0.1) is 0 Å². The maximum Gasteiger partial charge on any atom is 0.329 e. The number of pyridine rings is 1. The first-order chi connectivity index (χ1) is 18.6. The van der Waals surface area contributed by atoms with Gasteiger partial charge in [0.2, 0.25) is 0 Å². The lowest BCUT2D eigenvalue weighted by Crippen LogP contribution is -2.19. The molecular formula is C34H25N3O. The number of rotatable bonds is 3. The zero-order valence-corrected chi connectivity index (χ0v) is 21.2. The van der Waals surface area contributed by atoms with Gasteiger partial charge in [-0.15, -0.1) is 0 Å². The molecule has 0 aliphatic heterocycles. The largest absolute Gasteiger partial charge is 0.329 e. The van der Waals surface area contributed by atoms with Gasteiger partial charge in [0.15, 0.2) is 5.65 Å². The van der Waals surface area contributed by atoms with Crippen LogP contribution in [-0.2, 0) is 14.1 Å². The van der Waals surface area contributed by atoms with Crippen molar-refractivity contribution in [2.45, 2.75) is 0 Å². The summed E-state index contributed by atoms with van der Waals surface area (Å²) in [5.41, 5.74) is 8.36. The molecule has 0 saturated heterocycles. The number of benzene rings is 5. The SMILES string of the molecule is Cn1c(=O)n(C)c2ncc(-c3c4ccccc4c(-c4cccc(-c5ccccc5)c4)c4ccccc34)cc21. The summed E-state index contributed by atoms with van der Waals surface area (Å²) < 4.78 is 3.26. The predicted octanol–water partition coefficient (Wildman–Crippen LogP) is 7.58. The van der Waals surface area contributed by atoms with E-state index in [2.05, 4.69) is 103 Å². The van der Waals surface area contributed by atoms with Crippen molar-refractivity contribution in [1.82, 2.24) is 14.1 Å². The summed E-state index contributed by atoms with van der Waals surface area (Å²) in [5.74, 6) is 0. The van der Waals surface area contributed by atoms with E-state index >= 15 is 0 Å². The van der Waals surface area contributed by atoms with E-state index < -0.39 is 0 Å². The van der Waals surface area contributed by atoms with Crippen molar-refractivity contribution in [2.75, 3.05) is 0 Å². The van der Waals surface area contributed by atoms with Gasteiger partial charge in [-0.25, -0.2) is 9.78 Å². The molecule has 38 heavy (non-hydrogen) atoms. The highest BCUT2D eigenvalue weighted by atomic mass is 16.1. The van der Waals surface area contributed by atoms with E-state index in [1.54, 1.807) is 23.2 Å². The maximum atomic E-state index is 12.6. The van der Waals surface area contributed by atoms with Crippen LogP contribution in [0.5, 0.6) is 0 Å². The van der Waals surface area contributed by atoms with Crippen LogP contribution in [0.1, 0.15) is 0 Å². The molecule has 4 nitrogen and oxygen atoms in total. The lowest BCUT2D eigenvalue weighted by Gasteiger charge is -2.18. The maximum absolute atomic E-state index is 12.6. The van der Waals surface area contributed by atoms with Gasteiger partial charge in [-0.1, -0.05) is 97.1 Å². The van der Waals surface area contributed by atoms with E-state index in [-0.39, 0.29) is 5.69 Å². The Morgan fingerprint density at radius 3 is 1.68 bits per heavy atom. The molecule has 4 heteroatoms. The number of hydrogen-bond donors (Lipinski definition) is 0. The van der Waals surface area contributed by atoms with Crippen molar-refractivity contribution in [2.24, 2.45) is 14.1 Å². The number of aryl methyl sites for hydroxylation is 2. The van der Waals surface area contributed by atoms with Crippen molar-refractivity contribution in [3.8, 4) is 33.4 Å². The molecule has 0 aliphatic carbocycles. The van der Waals surface area contributed by atoms with E-state index in [4.69, 9.17) is 4.98 Å². The molecule has 7 aromatic rings. The average molecular weight is 492 g/mol. The topological polar surface area (TPSA) is 39.8 Å². The van der Waals surface area contributed by atoms with Gasteiger partial charge in [0, 0.05) is 25.9 Å². The smallest absolute Gasteiger partial charge is 0.293 e. The number of nitrogens with zero attached hydrogens (tertiary/aromatic N) is 3. The molecular weight excluding hydrogens is 466 g/mol. The summed E-state index contributed by atoms with van der Waals surface area (Å²) in [7, 11) is 3.57. The fraction of sp³-hybridized carbons (Fsp3) is 0.0588. The first kappa shape index (κ1) is 22.3. The highest BCUT2D eigenvalue weighted by molar-refractivity contribution is 6.21. The molecule has 0 amide bonds. The fourth-order valence-corrected chi connectivity index (χ4v) is 5.74. The Hall–Kier alpha value is -4.96. The van der Waals surface area contributed by atoms with E-state index in [0.717, 1.165) is 27.4 Å². The monoisotopic (exact) mass is 491 g/mol. The van der Waals surface area contributed by atoms with Crippen LogP contribution in [0.4, 0.5) is 0 Å². The van der Waals surface area contributed by atoms with Gasteiger partial charge in [-0.05, 0) is 61.5 Å². The van der Waals surface area contributed by atoms with Gasteiger partial charge in [0.25, 0.3) is 0 Å². The molecule has 0 atom stereocenters. The Morgan fingerprint density at radius 1 is 0.526 bits per heavy atom. The number of aromatic nitrogens is 3. The van der Waals surface area contributed by atoms with Gasteiger partial charge in [0.05, 0.1) is 5.52 Å². The second kappa shape index (κ2) is 8.56. The minimum Gasteiger partial charge on any atom is -0.293 e. The second-order valence-corrected chi connectivity index (χ2v) is 9.76. The minimum absolute atomic E-state index is 0.0759. The lowest BCUT2D eigenvalue weighted by atomic mass is 9.85. The first-order valence-corrected chi connectivity index (χ1v) is 12.7. The Morgan fingerprint density at radius 2 is 1.05 bits per heavy atom. The molecule has 2 aromatic heterocycles. The molecule has 0 radical (unpaired) electrons. The summed E-state index contributed by atoms with van der Waals surface area (Å²) in [4.78, 5) is 17.3. The highest BCUT2D eigenvalue weighted by Crippen LogP contribution is 2.44. The van der Waals surface area contributed by atoms with E-state index in [1.807, 2.05) is 12.3 Å². The zero-order chi connectivity index (χ0) is 25.8. The third kappa shape index (κ3) is 3.31. The third-order valence-corrected chi connectivity index (χ3v) is 7.58. The molecule has 5 aromatic carbocycles. The van der Waals surface area contributed by atoms with Crippen LogP contribution in [0.3, 0.4) is 0 Å². The second-order valence-electron chi connectivity index (χ2n) is 9.76. The molecule has 0 bridgehead atoms. The van der Waals surface area contributed by atoms with Gasteiger partial charge < -0.3 is 0 Å². The fourth-order valence-electron chi connectivity index (χ4n) is 5.74. The van der Waals surface area contributed by atoms with E-state index in [9.17, 15) is 4.79 Å². The molecule has 0 aliphatic rings. The number of imidazole rings is 1. The van der Waals surface area contributed by atoms with Crippen molar-refractivity contribution >= 4 is 32.7 Å². The molecule has 0 saturated carbocycles. The quantitative estimate of drug-likeness (QED) is 0.239. The van der Waals surface area contributed by atoms with Crippen molar-refractivity contribution in [3.05, 3.63) is 126 Å². The van der Waals surface area contributed by atoms with E-state index in [0.29, 0.717) is 5.65 Å². The highest BCUT2D eigenvalue weighted by Gasteiger charge is 2.18. The first-order valence-electron chi connectivity index (χ1n) is 12.7. The van der Waals surface area contributed by atoms with Gasteiger partial charge in [0.1, 0.15) is 0 Å². The van der Waals surface area contributed by atoms with Crippen LogP contribution in [-0.4, -0.2) is 14.1 Å². The zero-order valence-electron chi connectivity index (χ0n) is 21.2. The van der Waals surface area contributed by atoms with Crippen LogP contribution in [0.2, 0.25) is 0 Å². The van der Waals surface area contributed by atoms with Crippen molar-refractivity contribution in [1.29, 1.82) is 0 Å². The molecule has 182 valence electrons. The number of fused-ring (bicyclic) bond motifs is 3. The Bertz CT molecular complexity index is 2010. The Kier molecular flexibility index (Phi) is 5.02. The van der Waals surface area contributed by atoms with Crippen LogP contribution in [0.25, 0.3) is 66.1 Å². The van der Waals surface area contributed by atoms with Crippen LogP contribution < -0.4 is 5.69 Å². The summed E-state index contributed by atoms with van der Waals surface area (Å²) in [6.07, 6.45) is 1.89. The van der Waals surface area contributed by atoms with Crippen LogP contribution >= 0.6 is 0 Å². The summed E-state index contributed by atoms with van der Waals surface area (Å²) >= 11 is 0. The summed E-state index contributed by atoms with van der Waals surface area (Å²) in [6, 6.07) is 38.6. The van der Waals surface area contributed by atoms with Gasteiger partial charge in [-0.2, -0.15) is 0 Å². The van der Waals surface area contributed by atoms with Gasteiger partial charge in [-0.3, -0.25) is 9.13 Å². The molecule has 0 unspecified atom stereocenters. The molecule has 2 heterocycles. The molecule has 0 fully saturated rings. The summed E-state index contributed by atoms with van der Waals surface area (Å²) in [6.45, 7) is 0. The third-order valence-electron chi connectivity index (χ3n) is 7.58. The van der Waals surface area contributed by atoms with Crippen LogP contribution in [0.15, 0.2) is 120 Å². The predicted molar refractivity (Wildman–Crippen MR) is 157 cm³/mol. The molecule has 7 rings (SSSR count). The normalized spacial score (nSPS) is 11.5. The Balaban J connectivity index is 1.56. The van der Waals surface area contributed by atoms with E-state index in [1.165, 1.54) is 33.0 Å². The van der Waals surface area contributed by atoms with Crippen molar-refractivity contribution in [3.63, 3.8) is 0 Å². The average Bonchev–Trinajstić information content (AvgIpc) is 3.19.